The van der Waals surface area contributed by atoms with Gasteiger partial charge in [-0.05, 0) is 32.8 Å². The molecule has 36 heavy (non-hydrogen) atoms. The topological polar surface area (TPSA) is 146 Å². The summed E-state index contributed by atoms with van der Waals surface area (Å²) in [6.07, 6.45) is 8.45. The minimum absolute atomic E-state index is 0.189. The standard InChI is InChI=1S/C24H24FN9O2/c1-24(2,36)21(25)12-29-23(35)17-10-27-19(20-11-28-22-5-14(7-26)8-31-34(20)22)6-18(17)32-15-9-30-33(13-15)16-3-4-16/h5-6,8-11,13,16,21,36H,3-4,12H2,1-2H3,(H,27,32)(H,29,35)/t21-/m1/s1. The van der Waals surface area contributed by atoms with E-state index < -0.39 is 17.7 Å². The van der Waals surface area contributed by atoms with Gasteiger partial charge in [-0.3, -0.25) is 14.5 Å². The Hall–Kier alpha value is -4.37. The number of hydrogen-bond donors (Lipinski definition) is 3. The van der Waals surface area contributed by atoms with Gasteiger partial charge in [-0.2, -0.15) is 15.5 Å². The molecule has 1 amide bonds. The molecule has 0 saturated heterocycles. The van der Waals surface area contributed by atoms with Crippen LogP contribution in [-0.2, 0) is 0 Å². The highest BCUT2D eigenvalue weighted by Crippen LogP contribution is 2.35. The second kappa shape index (κ2) is 9.01. The fourth-order valence-corrected chi connectivity index (χ4v) is 3.62. The van der Waals surface area contributed by atoms with Crippen molar-refractivity contribution in [3.8, 4) is 17.5 Å². The Morgan fingerprint density at radius 3 is 2.78 bits per heavy atom. The van der Waals surface area contributed by atoms with Crippen molar-refractivity contribution in [3.63, 3.8) is 0 Å². The number of carbonyl (C=O) groups excluding carboxylic acids is 1. The first-order chi connectivity index (χ1) is 17.2. The summed E-state index contributed by atoms with van der Waals surface area (Å²) < 4.78 is 17.7. The van der Waals surface area contributed by atoms with E-state index in [0.717, 1.165) is 12.8 Å². The summed E-state index contributed by atoms with van der Waals surface area (Å²) in [5.74, 6) is -0.548. The molecule has 1 atom stereocenters. The summed E-state index contributed by atoms with van der Waals surface area (Å²) in [7, 11) is 0. The molecule has 0 aliphatic heterocycles. The Labute approximate surface area is 205 Å². The number of nitrogens with one attached hydrogen (secondary N) is 2. The van der Waals surface area contributed by atoms with Gasteiger partial charge in [0.2, 0.25) is 0 Å². The van der Waals surface area contributed by atoms with Gasteiger partial charge >= 0.3 is 0 Å². The molecule has 1 fully saturated rings. The van der Waals surface area contributed by atoms with Crippen LogP contribution < -0.4 is 10.6 Å². The van der Waals surface area contributed by atoms with Crippen molar-refractivity contribution in [1.29, 1.82) is 5.26 Å². The number of pyridine rings is 1. The smallest absolute Gasteiger partial charge is 0.255 e. The summed E-state index contributed by atoms with van der Waals surface area (Å²) in [6.45, 7) is 2.32. The van der Waals surface area contributed by atoms with Gasteiger partial charge in [-0.1, -0.05) is 0 Å². The maximum Gasteiger partial charge on any atom is 0.255 e. The summed E-state index contributed by atoms with van der Waals surface area (Å²) in [6, 6.07) is 5.71. The Morgan fingerprint density at radius 1 is 1.25 bits per heavy atom. The number of rotatable bonds is 8. The number of halogens is 1. The lowest BCUT2D eigenvalue weighted by Crippen LogP contribution is -2.42. The summed E-state index contributed by atoms with van der Waals surface area (Å²) >= 11 is 0. The Morgan fingerprint density at radius 2 is 2.06 bits per heavy atom. The van der Waals surface area contributed by atoms with E-state index in [1.807, 2.05) is 16.9 Å². The monoisotopic (exact) mass is 489 g/mol. The predicted octanol–water partition coefficient (Wildman–Crippen LogP) is 2.78. The van der Waals surface area contributed by atoms with Crippen LogP contribution in [0.1, 0.15) is 48.7 Å². The second-order valence-electron chi connectivity index (χ2n) is 9.28. The number of carbonyl (C=O) groups is 1. The molecular weight excluding hydrogens is 465 g/mol. The molecule has 4 heterocycles. The number of aliphatic hydroxyl groups is 1. The molecule has 1 aliphatic rings. The van der Waals surface area contributed by atoms with Crippen molar-refractivity contribution in [3.05, 3.63) is 54.2 Å². The molecule has 0 unspecified atom stereocenters. The fourth-order valence-electron chi connectivity index (χ4n) is 3.62. The summed E-state index contributed by atoms with van der Waals surface area (Å²) in [5, 5.41) is 33.4. The van der Waals surface area contributed by atoms with Gasteiger partial charge in [-0.25, -0.2) is 13.9 Å². The maximum atomic E-state index is 14.2. The number of nitrogens with zero attached hydrogens (tertiary/aromatic N) is 7. The molecule has 4 aromatic rings. The largest absolute Gasteiger partial charge is 0.387 e. The Bertz CT molecular complexity index is 1480. The van der Waals surface area contributed by atoms with Crippen LogP contribution >= 0.6 is 0 Å². The molecule has 0 radical (unpaired) electrons. The quantitative estimate of drug-likeness (QED) is 0.342. The molecule has 11 nitrogen and oxygen atoms in total. The number of anilines is 2. The van der Waals surface area contributed by atoms with Crippen molar-refractivity contribution in [2.45, 2.75) is 44.5 Å². The maximum absolute atomic E-state index is 14.2. The zero-order valence-electron chi connectivity index (χ0n) is 19.7. The number of imidazole rings is 1. The highest BCUT2D eigenvalue weighted by atomic mass is 19.1. The zero-order chi connectivity index (χ0) is 25.4. The van der Waals surface area contributed by atoms with Crippen molar-refractivity contribution in [1.82, 2.24) is 34.7 Å². The van der Waals surface area contributed by atoms with Crippen molar-refractivity contribution in [2.24, 2.45) is 0 Å². The molecule has 4 aromatic heterocycles. The first kappa shape index (κ1) is 23.4. The van der Waals surface area contributed by atoms with E-state index in [1.165, 1.54) is 26.2 Å². The van der Waals surface area contributed by atoms with Gasteiger partial charge in [0.1, 0.15) is 17.9 Å². The van der Waals surface area contributed by atoms with Crippen molar-refractivity contribution in [2.75, 3.05) is 11.9 Å². The number of amides is 1. The lowest BCUT2D eigenvalue weighted by Gasteiger charge is -2.22. The van der Waals surface area contributed by atoms with Crippen molar-refractivity contribution >= 4 is 22.9 Å². The minimum Gasteiger partial charge on any atom is -0.387 e. The van der Waals surface area contributed by atoms with Crippen LogP contribution in [0, 0.1) is 11.3 Å². The van der Waals surface area contributed by atoms with Gasteiger partial charge in [-0.15, -0.1) is 0 Å². The number of hydrogen-bond acceptors (Lipinski definition) is 8. The first-order valence-corrected chi connectivity index (χ1v) is 11.4. The molecule has 1 aliphatic carbocycles. The van der Waals surface area contributed by atoms with Crippen LogP contribution in [0.2, 0.25) is 0 Å². The molecule has 0 spiro atoms. The highest BCUT2D eigenvalue weighted by Gasteiger charge is 2.28. The van der Waals surface area contributed by atoms with E-state index in [1.54, 1.807) is 29.0 Å². The van der Waals surface area contributed by atoms with E-state index in [0.29, 0.717) is 40.0 Å². The van der Waals surface area contributed by atoms with Gasteiger partial charge < -0.3 is 15.7 Å². The average Bonchev–Trinajstić information content (AvgIpc) is 3.46. The molecule has 12 heteroatoms. The second-order valence-corrected chi connectivity index (χ2v) is 9.28. The van der Waals surface area contributed by atoms with Crippen LogP contribution in [0.3, 0.4) is 0 Å². The van der Waals surface area contributed by atoms with Gasteiger partial charge in [0.25, 0.3) is 5.91 Å². The molecule has 1 saturated carbocycles. The third-order valence-electron chi connectivity index (χ3n) is 5.91. The van der Waals surface area contributed by atoms with E-state index in [2.05, 4.69) is 30.8 Å². The van der Waals surface area contributed by atoms with E-state index in [9.17, 15) is 14.3 Å². The van der Waals surface area contributed by atoms with Gasteiger partial charge in [0.05, 0.1) is 65.0 Å². The Kier molecular flexibility index (Phi) is 5.85. The molecule has 184 valence electrons. The fraction of sp³-hybridized carbons (Fsp3) is 0.333. The number of fused-ring (bicyclic) bond motifs is 1. The molecule has 0 aromatic carbocycles. The van der Waals surface area contributed by atoms with E-state index in [-0.39, 0.29) is 12.1 Å². The van der Waals surface area contributed by atoms with Gasteiger partial charge in [0, 0.05) is 18.5 Å². The molecule has 0 bridgehead atoms. The van der Waals surface area contributed by atoms with Crippen LogP contribution in [0.15, 0.2) is 43.1 Å². The molecule has 5 rings (SSSR count). The third-order valence-corrected chi connectivity index (χ3v) is 5.91. The third kappa shape index (κ3) is 4.73. The normalized spacial score (nSPS) is 14.4. The number of nitriles is 1. The summed E-state index contributed by atoms with van der Waals surface area (Å²) in [5.41, 5.74) is 1.61. The highest BCUT2D eigenvalue weighted by molar-refractivity contribution is 6.00. The van der Waals surface area contributed by atoms with Gasteiger partial charge in [0.15, 0.2) is 5.65 Å². The lowest BCUT2D eigenvalue weighted by atomic mass is 10.0. The molecular formula is C24H24FN9O2. The first-order valence-electron chi connectivity index (χ1n) is 11.4. The van der Waals surface area contributed by atoms with Crippen LogP contribution in [-0.4, -0.2) is 58.7 Å². The van der Waals surface area contributed by atoms with Crippen molar-refractivity contribution < 1.29 is 14.3 Å². The van der Waals surface area contributed by atoms with Crippen LogP contribution in [0.25, 0.3) is 17.0 Å². The summed E-state index contributed by atoms with van der Waals surface area (Å²) in [4.78, 5) is 21.7. The van der Waals surface area contributed by atoms with E-state index in [4.69, 9.17) is 5.26 Å². The number of alkyl halides is 1. The number of aromatic nitrogens is 6. The zero-order valence-corrected chi connectivity index (χ0v) is 19.7. The minimum atomic E-state index is -1.65. The van der Waals surface area contributed by atoms with E-state index >= 15 is 0 Å². The van der Waals surface area contributed by atoms with Crippen LogP contribution in [0.4, 0.5) is 15.8 Å². The lowest BCUT2D eigenvalue weighted by molar-refractivity contribution is -0.00177. The predicted molar refractivity (Wildman–Crippen MR) is 128 cm³/mol. The Balaban J connectivity index is 1.48. The van der Waals surface area contributed by atoms with Crippen LogP contribution in [0.5, 0.6) is 0 Å². The average molecular weight is 490 g/mol. The SMILES string of the molecule is CC(C)(O)[C@H](F)CNC(=O)c1cnc(-c2cnc3cc(C#N)cnn23)cc1Nc1cnn(C2CC2)c1. The molecule has 3 N–H and O–H groups in total.